The van der Waals surface area contributed by atoms with Gasteiger partial charge in [-0.2, -0.15) is 0 Å². The van der Waals surface area contributed by atoms with Crippen molar-refractivity contribution in [2.75, 3.05) is 7.05 Å². The highest BCUT2D eigenvalue weighted by atomic mass is 28.3. The van der Waals surface area contributed by atoms with Crippen molar-refractivity contribution in [2.45, 2.75) is 32.3 Å². The Morgan fingerprint density at radius 1 is 1.40 bits per heavy atom. The van der Waals surface area contributed by atoms with E-state index >= 15 is 0 Å². The summed E-state index contributed by atoms with van der Waals surface area (Å²) >= 11 is 0. The Morgan fingerprint density at radius 3 is 1.90 bits per heavy atom. The van der Waals surface area contributed by atoms with E-state index in [1.54, 1.807) is 7.05 Å². The maximum atomic E-state index is 9.59. The van der Waals surface area contributed by atoms with Crippen molar-refractivity contribution in [1.82, 2.24) is 0 Å². The first-order chi connectivity index (χ1) is 4.39. The molecular formula is C7H17NOSi. The molecule has 0 rings (SSSR count). The third kappa shape index (κ3) is 2.62. The van der Waals surface area contributed by atoms with Crippen LogP contribution in [-0.4, -0.2) is 31.7 Å². The van der Waals surface area contributed by atoms with E-state index in [1.165, 1.54) is 0 Å². The van der Waals surface area contributed by atoms with E-state index in [0.29, 0.717) is 0 Å². The molecule has 0 spiro atoms. The van der Waals surface area contributed by atoms with E-state index in [1.807, 2.05) is 6.92 Å². The molecule has 0 aliphatic carbocycles. The first-order valence-electron chi connectivity index (χ1n) is 3.51. The Labute approximate surface area is 64.0 Å². The first-order valence-corrected chi connectivity index (χ1v) is 7.08. The molecule has 0 bridgehead atoms. The van der Waals surface area contributed by atoms with Gasteiger partial charge in [0.25, 0.3) is 0 Å². The second-order valence-electron chi connectivity index (χ2n) is 3.63. The number of aliphatic hydroxyl groups is 1. The zero-order valence-electron chi connectivity index (χ0n) is 7.47. The van der Waals surface area contributed by atoms with Crippen molar-refractivity contribution < 1.29 is 5.11 Å². The predicted molar refractivity (Wildman–Crippen MR) is 48.4 cm³/mol. The highest BCUT2D eigenvalue weighted by Gasteiger charge is 2.26. The molecule has 0 aromatic carbocycles. The minimum absolute atomic E-state index is 0.280. The van der Waals surface area contributed by atoms with Crippen LogP contribution in [0.2, 0.25) is 19.6 Å². The van der Waals surface area contributed by atoms with Crippen LogP contribution in [0.5, 0.6) is 0 Å². The average Bonchev–Trinajstić information content (AvgIpc) is 1.83. The normalized spacial score (nSPS) is 17.2. The molecule has 0 amide bonds. The van der Waals surface area contributed by atoms with E-state index in [9.17, 15) is 5.11 Å². The van der Waals surface area contributed by atoms with Gasteiger partial charge in [0.05, 0.1) is 13.8 Å². The summed E-state index contributed by atoms with van der Waals surface area (Å²) in [5.74, 6) is 0. The van der Waals surface area contributed by atoms with Crippen LogP contribution < -0.4 is 0 Å². The summed E-state index contributed by atoms with van der Waals surface area (Å²) in [7, 11) is 0.301. The molecule has 10 heavy (non-hydrogen) atoms. The van der Waals surface area contributed by atoms with Gasteiger partial charge in [-0.1, -0.05) is 19.6 Å². The fourth-order valence-corrected chi connectivity index (χ4v) is 2.13. The van der Waals surface area contributed by atoms with Gasteiger partial charge in [0.15, 0.2) is 0 Å². The Hall–Kier alpha value is -0.153. The summed E-state index contributed by atoms with van der Waals surface area (Å²) in [6, 6.07) is 0. The van der Waals surface area contributed by atoms with E-state index in [4.69, 9.17) is 0 Å². The molecule has 0 radical (unpaired) electrons. The lowest BCUT2D eigenvalue weighted by Gasteiger charge is -2.23. The van der Waals surface area contributed by atoms with Crippen molar-refractivity contribution in [3.63, 3.8) is 0 Å². The van der Waals surface area contributed by atoms with Crippen LogP contribution in [0.15, 0.2) is 4.99 Å². The zero-order chi connectivity index (χ0) is 8.36. The molecule has 0 heterocycles. The number of hydrogen-bond acceptors (Lipinski definition) is 2. The zero-order valence-corrected chi connectivity index (χ0v) is 8.47. The molecule has 0 aliphatic rings. The standard InChI is InChI=1S/C7H17NOSi/c1-6(8-2)7(9)10(3,4)5/h7,9H,1-5H3. The van der Waals surface area contributed by atoms with Crippen molar-refractivity contribution in [1.29, 1.82) is 0 Å². The summed E-state index contributed by atoms with van der Waals surface area (Å²) in [5, 5.41) is 9.59. The summed E-state index contributed by atoms with van der Waals surface area (Å²) in [5.41, 5.74) is 0.580. The molecule has 2 nitrogen and oxygen atoms in total. The van der Waals surface area contributed by atoms with Crippen molar-refractivity contribution in [3.8, 4) is 0 Å². The SMILES string of the molecule is CN=C(C)C(O)[Si](C)(C)C. The number of rotatable bonds is 2. The van der Waals surface area contributed by atoms with Gasteiger partial charge in [-0.15, -0.1) is 0 Å². The summed E-state index contributed by atoms with van der Waals surface area (Å²) in [6.07, 6.45) is 0. The van der Waals surface area contributed by atoms with Crippen LogP contribution in [0.1, 0.15) is 6.92 Å². The highest BCUT2D eigenvalue weighted by Crippen LogP contribution is 2.08. The van der Waals surface area contributed by atoms with Gasteiger partial charge < -0.3 is 5.11 Å². The minimum atomic E-state index is -1.42. The fourth-order valence-electron chi connectivity index (χ4n) is 0.749. The molecule has 1 unspecified atom stereocenters. The number of nitrogens with zero attached hydrogens (tertiary/aromatic N) is 1. The van der Waals surface area contributed by atoms with Gasteiger partial charge in [0, 0.05) is 12.8 Å². The number of aliphatic imine (C=N–C) groups is 1. The van der Waals surface area contributed by atoms with Gasteiger partial charge in [-0.25, -0.2) is 0 Å². The Kier molecular flexibility index (Phi) is 3.25. The van der Waals surface area contributed by atoms with Crippen LogP contribution in [-0.2, 0) is 0 Å². The molecule has 0 aliphatic heterocycles. The molecular weight excluding hydrogens is 142 g/mol. The fraction of sp³-hybridized carbons (Fsp3) is 0.857. The lowest BCUT2D eigenvalue weighted by molar-refractivity contribution is 0.307. The Balaban J connectivity index is 4.23. The summed E-state index contributed by atoms with van der Waals surface area (Å²) < 4.78 is 0. The molecule has 1 atom stereocenters. The molecule has 0 saturated carbocycles. The molecule has 3 heteroatoms. The maximum Gasteiger partial charge on any atom is 0.0854 e. The third-order valence-corrected chi connectivity index (χ3v) is 3.63. The van der Waals surface area contributed by atoms with Crippen LogP contribution in [0.25, 0.3) is 0 Å². The maximum absolute atomic E-state index is 9.59. The molecule has 1 N–H and O–H groups in total. The van der Waals surface area contributed by atoms with Crippen LogP contribution in [0.3, 0.4) is 0 Å². The van der Waals surface area contributed by atoms with Crippen molar-refractivity contribution >= 4 is 13.8 Å². The Bertz CT molecular complexity index is 137. The van der Waals surface area contributed by atoms with Gasteiger partial charge in [0.1, 0.15) is 0 Å². The molecule has 60 valence electrons. The van der Waals surface area contributed by atoms with Crippen molar-refractivity contribution in [2.24, 2.45) is 4.99 Å². The summed E-state index contributed by atoms with van der Waals surface area (Å²) in [6.45, 7) is 8.27. The lowest BCUT2D eigenvalue weighted by atomic mass is 10.4. The van der Waals surface area contributed by atoms with Gasteiger partial charge in [-0.05, 0) is 6.92 Å². The van der Waals surface area contributed by atoms with Crippen LogP contribution >= 0.6 is 0 Å². The second kappa shape index (κ2) is 3.30. The molecule has 0 fully saturated rings. The van der Waals surface area contributed by atoms with Crippen molar-refractivity contribution in [3.05, 3.63) is 0 Å². The highest BCUT2D eigenvalue weighted by molar-refractivity contribution is 6.80. The van der Waals surface area contributed by atoms with Crippen LogP contribution in [0.4, 0.5) is 0 Å². The van der Waals surface area contributed by atoms with E-state index in [-0.39, 0.29) is 5.73 Å². The van der Waals surface area contributed by atoms with E-state index in [2.05, 4.69) is 24.6 Å². The number of hydrogen-bond donors (Lipinski definition) is 1. The van der Waals surface area contributed by atoms with E-state index < -0.39 is 8.07 Å². The van der Waals surface area contributed by atoms with E-state index in [0.717, 1.165) is 5.71 Å². The molecule has 0 aromatic heterocycles. The molecule has 0 aromatic rings. The first kappa shape index (κ1) is 9.85. The van der Waals surface area contributed by atoms with Gasteiger partial charge in [0.2, 0.25) is 0 Å². The van der Waals surface area contributed by atoms with Gasteiger partial charge >= 0.3 is 0 Å². The predicted octanol–water partition coefficient (Wildman–Crippen LogP) is 1.32. The smallest absolute Gasteiger partial charge is 0.0854 e. The molecule has 0 saturated heterocycles. The monoisotopic (exact) mass is 159 g/mol. The third-order valence-electron chi connectivity index (χ3n) is 1.57. The largest absolute Gasteiger partial charge is 0.391 e. The minimum Gasteiger partial charge on any atom is -0.391 e. The second-order valence-corrected chi connectivity index (χ2v) is 8.91. The number of aliphatic hydroxyl groups excluding tert-OH is 1. The lowest BCUT2D eigenvalue weighted by Crippen LogP contribution is -2.43. The quantitative estimate of drug-likeness (QED) is 0.478. The average molecular weight is 159 g/mol. The summed E-state index contributed by atoms with van der Waals surface area (Å²) in [4.78, 5) is 3.96. The Morgan fingerprint density at radius 2 is 1.80 bits per heavy atom. The van der Waals surface area contributed by atoms with Crippen LogP contribution in [0, 0.1) is 0 Å². The van der Waals surface area contributed by atoms with Gasteiger partial charge in [-0.3, -0.25) is 4.99 Å². The topological polar surface area (TPSA) is 32.6 Å².